The molecule has 2 saturated heterocycles. The summed E-state index contributed by atoms with van der Waals surface area (Å²) in [6, 6.07) is 7.04. The molecule has 3 N–H and O–H groups in total. The Morgan fingerprint density at radius 2 is 2.03 bits per heavy atom. The Morgan fingerprint density at radius 1 is 1.24 bits per heavy atom. The summed E-state index contributed by atoms with van der Waals surface area (Å²) in [5.41, 5.74) is 7.95. The number of aromatic nitrogens is 2. The Labute approximate surface area is 203 Å². The van der Waals surface area contributed by atoms with Gasteiger partial charge in [-0.05, 0) is 75.1 Å². The lowest BCUT2D eigenvalue weighted by Gasteiger charge is -2.30. The molecule has 4 rings (SSSR count). The molecule has 0 bridgehead atoms. The summed E-state index contributed by atoms with van der Waals surface area (Å²) in [5, 5.41) is 12.7. The molecule has 2 aliphatic heterocycles. The minimum Gasteiger partial charge on any atom is -0.494 e. The van der Waals surface area contributed by atoms with Crippen molar-refractivity contribution < 1.29 is 9.26 Å². The van der Waals surface area contributed by atoms with Crippen LogP contribution in [-0.2, 0) is 0 Å². The van der Waals surface area contributed by atoms with E-state index in [-0.39, 0.29) is 5.92 Å². The Morgan fingerprint density at radius 3 is 2.71 bits per heavy atom. The van der Waals surface area contributed by atoms with Crippen molar-refractivity contribution >= 4 is 11.9 Å². The Hall–Kier alpha value is -2.61. The number of likely N-dealkylation sites (tertiary alicyclic amines) is 1. The van der Waals surface area contributed by atoms with Crippen molar-refractivity contribution in [3.8, 4) is 5.75 Å². The lowest BCUT2D eigenvalue weighted by atomic mass is 9.92. The fourth-order valence-corrected chi connectivity index (χ4v) is 5.09. The normalized spacial score (nSPS) is 19.3. The highest BCUT2D eigenvalue weighted by Crippen LogP contribution is 2.27. The number of anilines is 1. The van der Waals surface area contributed by atoms with Crippen molar-refractivity contribution in [1.82, 2.24) is 15.0 Å². The quantitative estimate of drug-likeness (QED) is 0.321. The smallest absolute Gasteiger partial charge is 0.324 e. The fourth-order valence-electron chi connectivity index (χ4n) is 5.09. The number of piperidine rings is 1. The molecule has 8 heteroatoms. The first kappa shape index (κ1) is 24.5. The molecule has 0 radical (unpaired) electrons. The molecule has 2 aliphatic rings. The topological polar surface area (TPSA) is 104 Å². The standard InChI is InChI=1S/C26H40N6O2/c1-18(2)25-29-26(34-30-25)31-13-10-20(11-14-31)6-5-15-33-22-8-9-23(19(3)16-22)24(28)32-12-4-7-21(32)17-27/h8-9,16,18,20-21,28H,4-7,10-15,17,27H2,1-3H3. The predicted octanol–water partition coefficient (Wildman–Crippen LogP) is 4.33. The number of hydrogen-bond donors (Lipinski definition) is 2. The molecule has 0 saturated carbocycles. The van der Waals surface area contributed by atoms with Gasteiger partial charge in [-0.25, -0.2) is 0 Å². The van der Waals surface area contributed by atoms with Crippen molar-refractivity contribution in [3.63, 3.8) is 0 Å². The molecule has 0 aliphatic carbocycles. The zero-order valence-corrected chi connectivity index (χ0v) is 20.9. The first-order chi connectivity index (χ1) is 16.5. The second-order valence-electron chi connectivity index (χ2n) is 10.1. The van der Waals surface area contributed by atoms with Gasteiger partial charge in [0.1, 0.15) is 11.6 Å². The van der Waals surface area contributed by atoms with E-state index in [9.17, 15) is 0 Å². The molecule has 1 aromatic carbocycles. The van der Waals surface area contributed by atoms with Crippen LogP contribution in [0.1, 0.15) is 75.2 Å². The van der Waals surface area contributed by atoms with Crippen LogP contribution in [0.5, 0.6) is 5.75 Å². The first-order valence-corrected chi connectivity index (χ1v) is 12.8. The number of benzene rings is 1. The van der Waals surface area contributed by atoms with E-state index < -0.39 is 0 Å². The number of aryl methyl sites for hydroxylation is 1. The van der Waals surface area contributed by atoms with Crippen LogP contribution in [0, 0.1) is 18.3 Å². The zero-order valence-electron chi connectivity index (χ0n) is 20.9. The van der Waals surface area contributed by atoms with Crippen molar-refractivity contribution in [3.05, 3.63) is 35.2 Å². The monoisotopic (exact) mass is 468 g/mol. The predicted molar refractivity (Wildman–Crippen MR) is 135 cm³/mol. The number of nitrogens with one attached hydrogen (secondary N) is 1. The van der Waals surface area contributed by atoms with E-state index >= 15 is 0 Å². The van der Waals surface area contributed by atoms with Gasteiger partial charge in [-0.15, -0.1) is 0 Å². The molecule has 8 nitrogen and oxygen atoms in total. The summed E-state index contributed by atoms with van der Waals surface area (Å²) >= 11 is 0. The summed E-state index contributed by atoms with van der Waals surface area (Å²) < 4.78 is 11.5. The SMILES string of the molecule is Cc1cc(OCCCC2CCN(c3nc(C(C)C)no3)CC2)ccc1C(=N)N1CCCC1CN. The molecule has 1 aromatic heterocycles. The average molecular weight is 469 g/mol. The van der Waals surface area contributed by atoms with Crippen LogP contribution in [0.3, 0.4) is 0 Å². The van der Waals surface area contributed by atoms with Crippen molar-refractivity contribution in [2.24, 2.45) is 11.7 Å². The third-order valence-electron chi connectivity index (χ3n) is 7.25. The zero-order chi connectivity index (χ0) is 24.1. The average Bonchev–Trinajstić information content (AvgIpc) is 3.52. The van der Waals surface area contributed by atoms with Gasteiger partial charge in [0.15, 0.2) is 5.82 Å². The lowest BCUT2D eigenvalue weighted by Crippen LogP contribution is -2.40. The number of rotatable bonds is 9. The molecular formula is C26H40N6O2. The number of nitrogens with two attached hydrogens (primary N) is 1. The highest BCUT2D eigenvalue weighted by molar-refractivity contribution is 5.98. The molecule has 2 aromatic rings. The fraction of sp³-hybridized carbons (Fsp3) is 0.654. The van der Waals surface area contributed by atoms with Gasteiger partial charge in [-0.2, -0.15) is 4.98 Å². The van der Waals surface area contributed by atoms with Gasteiger partial charge in [-0.3, -0.25) is 5.41 Å². The number of amidine groups is 1. The van der Waals surface area contributed by atoms with E-state index in [0.29, 0.717) is 30.4 Å². The van der Waals surface area contributed by atoms with Gasteiger partial charge in [0.2, 0.25) is 0 Å². The number of nitrogens with zero attached hydrogens (tertiary/aromatic N) is 4. The molecular weight excluding hydrogens is 428 g/mol. The van der Waals surface area contributed by atoms with Crippen molar-refractivity contribution in [2.45, 2.75) is 71.3 Å². The third kappa shape index (κ3) is 5.71. The molecule has 2 fully saturated rings. The van der Waals surface area contributed by atoms with Crippen LogP contribution in [-0.4, -0.2) is 59.7 Å². The maximum Gasteiger partial charge on any atom is 0.324 e. The molecule has 186 valence electrons. The second kappa shape index (κ2) is 11.2. The number of ether oxygens (including phenoxy) is 1. The molecule has 34 heavy (non-hydrogen) atoms. The lowest BCUT2D eigenvalue weighted by molar-refractivity contribution is 0.276. The largest absolute Gasteiger partial charge is 0.494 e. The molecule has 1 unspecified atom stereocenters. The highest BCUT2D eigenvalue weighted by Gasteiger charge is 2.27. The van der Waals surface area contributed by atoms with Crippen LogP contribution in [0.15, 0.2) is 22.7 Å². The van der Waals surface area contributed by atoms with E-state index in [1.54, 1.807) is 0 Å². The van der Waals surface area contributed by atoms with Crippen LogP contribution < -0.4 is 15.4 Å². The van der Waals surface area contributed by atoms with Crippen LogP contribution in [0.25, 0.3) is 0 Å². The van der Waals surface area contributed by atoms with E-state index in [2.05, 4.69) is 46.8 Å². The minimum atomic E-state index is 0.288. The Balaban J connectivity index is 1.19. The summed E-state index contributed by atoms with van der Waals surface area (Å²) in [6.45, 7) is 10.4. The van der Waals surface area contributed by atoms with Crippen LogP contribution in [0.2, 0.25) is 0 Å². The van der Waals surface area contributed by atoms with Gasteiger partial charge in [-0.1, -0.05) is 19.0 Å². The maximum absolute atomic E-state index is 8.66. The van der Waals surface area contributed by atoms with E-state index in [1.807, 2.05) is 12.1 Å². The van der Waals surface area contributed by atoms with Gasteiger partial charge in [0, 0.05) is 43.7 Å². The molecule has 1 atom stereocenters. The minimum absolute atomic E-state index is 0.288. The van der Waals surface area contributed by atoms with Crippen LogP contribution in [0.4, 0.5) is 6.01 Å². The summed E-state index contributed by atoms with van der Waals surface area (Å²) in [4.78, 5) is 8.89. The summed E-state index contributed by atoms with van der Waals surface area (Å²) in [6.07, 6.45) is 6.70. The summed E-state index contributed by atoms with van der Waals surface area (Å²) in [7, 11) is 0. The van der Waals surface area contributed by atoms with E-state index in [0.717, 1.165) is 81.0 Å². The van der Waals surface area contributed by atoms with E-state index in [1.165, 1.54) is 6.42 Å². The molecule has 0 spiro atoms. The summed E-state index contributed by atoms with van der Waals surface area (Å²) in [5.74, 6) is 3.26. The van der Waals surface area contributed by atoms with Gasteiger partial charge < -0.3 is 24.8 Å². The van der Waals surface area contributed by atoms with Crippen molar-refractivity contribution in [1.29, 1.82) is 5.41 Å². The van der Waals surface area contributed by atoms with E-state index in [4.69, 9.17) is 20.4 Å². The number of hydrogen-bond acceptors (Lipinski definition) is 7. The highest BCUT2D eigenvalue weighted by atomic mass is 16.5. The Kier molecular flexibility index (Phi) is 8.08. The third-order valence-corrected chi connectivity index (χ3v) is 7.25. The Bertz CT molecular complexity index is 951. The van der Waals surface area contributed by atoms with Gasteiger partial charge >= 0.3 is 6.01 Å². The van der Waals surface area contributed by atoms with Crippen LogP contribution >= 0.6 is 0 Å². The van der Waals surface area contributed by atoms with Crippen molar-refractivity contribution in [2.75, 3.05) is 37.7 Å². The molecule has 3 heterocycles. The van der Waals surface area contributed by atoms with Gasteiger partial charge in [0.25, 0.3) is 0 Å². The second-order valence-corrected chi connectivity index (χ2v) is 10.1. The van der Waals surface area contributed by atoms with Gasteiger partial charge in [0.05, 0.1) is 6.61 Å². The maximum atomic E-state index is 8.66. The molecule has 0 amide bonds. The first-order valence-electron chi connectivity index (χ1n) is 12.8.